The molecule has 0 atom stereocenters. The number of rotatable bonds is 0. The van der Waals surface area contributed by atoms with E-state index in [0.29, 0.717) is 5.75 Å². The van der Waals surface area contributed by atoms with Gasteiger partial charge in [-0.25, -0.2) is 12.1 Å². The summed E-state index contributed by atoms with van der Waals surface area (Å²) in [6.45, 7) is 6.26. The minimum atomic E-state index is 0. The zero-order valence-corrected chi connectivity index (χ0v) is 12.2. The first-order chi connectivity index (χ1) is 7.52. The normalized spacial score (nSPS) is 9.82. The SMILES string of the molecule is CC(C)(C)c1ccccc1O.[Ti].c1cc[cH-]c1. The molecule has 0 saturated heterocycles. The van der Waals surface area contributed by atoms with E-state index in [9.17, 15) is 5.11 Å². The first-order valence-electron chi connectivity index (χ1n) is 5.47. The van der Waals surface area contributed by atoms with E-state index in [2.05, 4.69) is 20.8 Å². The molecule has 0 fully saturated rings. The molecule has 0 saturated carbocycles. The first kappa shape index (κ1) is 16.1. The molecule has 17 heavy (non-hydrogen) atoms. The van der Waals surface area contributed by atoms with Crippen LogP contribution in [0.15, 0.2) is 54.6 Å². The van der Waals surface area contributed by atoms with Gasteiger partial charge < -0.3 is 5.11 Å². The van der Waals surface area contributed by atoms with Crippen molar-refractivity contribution in [2.24, 2.45) is 0 Å². The van der Waals surface area contributed by atoms with E-state index in [0.717, 1.165) is 5.56 Å². The summed E-state index contributed by atoms with van der Waals surface area (Å²) in [5, 5.41) is 9.45. The summed E-state index contributed by atoms with van der Waals surface area (Å²) in [6.07, 6.45) is 0. The molecule has 0 amide bonds. The van der Waals surface area contributed by atoms with Gasteiger partial charge in [0, 0.05) is 21.7 Å². The van der Waals surface area contributed by atoms with Crippen LogP contribution in [0.4, 0.5) is 0 Å². The standard InChI is InChI=1S/C10H14O.C5H5.Ti/c1-10(2,3)8-6-4-5-7-9(8)11;1-2-4-5-3-1;/h4-7,11H,1-3H3;1-5H;/q;-1;. The molecule has 0 radical (unpaired) electrons. The van der Waals surface area contributed by atoms with Gasteiger partial charge in [0.05, 0.1) is 0 Å². The van der Waals surface area contributed by atoms with Crippen LogP contribution in [-0.2, 0) is 27.1 Å². The Balaban J connectivity index is 0.000000360. The van der Waals surface area contributed by atoms with Gasteiger partial charge in [-0.3, -0.25) is 0 Å². The average molecular weight is 263 g/mol. The first-order valence-corrected chi connectivity index (χ1v) is 5.47. The number of phenols is 1. The Morgan fingerprint density at radius 2 is 1.47 bits per heavy atom. The predicted molar refractivity (Wildman–Crippen MR) is 68.8 cm³/mol. The van der Waals surface area contributed by atoms with Gasteiger partial charge in [-0.15, -0.1) is 0 Å². The van der Waals surface area contributed by atoms with Crippen molar-refractivity contribution < 1.29 is 26.8 Å². The number of aromatic hydroxyl groups is 1. The van der Waals surface area contributed by atoms with E-state index >= 15 is 0 Å². The second-order valence-electron chi connectivity index (χ2n) is 4.73. The third-order valence-corrected chi connectivity index (χ3v) is 2.27. The van der Waals surface area contributed by atoms with Crippen molar-refractivity contribution in [1.29, 1.82) is 0 Å². The van der Waals surface area contributed by atoms with Crippen molar-refractivity contribution >= 4 is 0 Å². The minimum Gasteiger partial charge on any atom is -0.508 e. The Bertz CT molecular complexity index is 382. The fraction of sp³-hybridized carbons (Fsp3) is 0.267. The second-order valence-corrected chi connectivity index (χ2v) is 4.73. The van der Waals surface area contributed by atoms with E-state index in [-0.39, 0.29) is 27.1 Å². The summed E-state index contributed by atoms with van der Waals surface area (Å²) in [6, 6.07) is 17.5. The molecule has 2 rings (SSSR count). The molecule has 1 nitrogen and oxygen atoms in total. The van der Waals surface area contributed by atoms with Gasteiger partial charge in [0.2, 0.25) is 0 Å². The summed E-state index contributed by atoms with van der Waals surface area (Å²) in [4.78, 5) is 0. The maximum Gasteiger partial charge on any atom is 0.119 e. The topological polar surface area (TPSA) is 20.2 Å². The third kappa shape index (κ3) is 5.81. The van der Waals surface area contributed by atoms with Gasteiger partial charge >= 0.3 is 0 Å². The van der Waals surface area contributed by atoms with Crippen LogP contribution in [-0.4, -0.2) is 5.11 Å². The number of hydrogen-bond donors (Lipinski definition) is 1. The third-order valence-electron chi connectivity index (χ3n) is 2.27. The van der Waals surface area contributed by atoms with Gasteiger partial charge in [-0.05, 0) is 17.0 Å². The van der Waals surface area contributed by atoms with Crippen molar-refractivity contribution in [3.8, 4) is 5.75 Å². The number of benzene rings is 1. The molecule has 90 valence electrons. The van der Waals surface area contributed by atoms with E-state index in [1.54, 1.807) is 6.07 Å². The molecular formula is C15H19OTi-. The molecule has 0 aliphatic heterocycles. The van der Waals surface area contributed by atoms with Crippen LogP contribution in [0.3, 0.4) is 0 Å². The van der Waals surface area contributed by atoms with Crippen LogP contribution in [0.1, 0.15) is 26.3 Å². The molecule has 2 aromatic rings. The Morgan fingerprint density at radius 3 is 1.76 bits per heavy atom. The number of phenolic OH excluding ortho intramolecular Hbond substituents is 1. The van der Waals surface area contributed by atoms with Crippen molar-refractivity contribution in [3.05, 3.63) is 60.2 Å². The fourth-order valence-electron chi connectivity index (χ4n) is 1.43. The monoisotopic (exact) mass is 263 g/mol. The van der Waals surface area contributed by atoms with Crippen LogP contribution in [0.25, 0.3) is 0 Å². The quantitative estimate of drug-likeness (QED) is 0.560. The molecule has 0 heterocycles. The predicted octanol–water partition coefficient (Wildman–Crippen LogP) is 4.09. The molecule has 0 unspecified atom stereocenters. The van der Waals surface area contributed by atoms with E-state index in [4.69, 9.17) is 0 Å². The van der Waals surface area contributed by atoms with Crippen molar-refractivity contribution in [1.82, 2.24) is 0 Å². The molecule has 0 bridgehead atoms. The van der Waals surface area contributed by atoms with Crippen molar-refractivity contribution in [3.63, 3.8) is 0 Å². The van der Waals surface area contributed by atoms with E-state index in [1.165, 1.54) is 0 Å². The molecule has 2 aromatic carbocycles. The number of para-hydroxylation sites is 1. The van der Waals surface area contributed by atoms with Gasteiger partial charge in [-0.1, -0.05) is 39.0 Å². The molecule has 1 N–H and O–H groups in total. The fourth-order valence-corrected chi connectivity index (χ4v) is 1.43. The van der Waals surface area contributed by atoms with E-state index < -0.39 is 0 Å². The maximum atomic E-state index is 9.45. The van der Waals surface area contributed by atoms with Gasteiger partial charge in [-0.2, -0.15) is 18.2 Å². The molecule has 0 aromatic heterocycles. The van der Waals surface area contributed by atoms with Crippen LogP contribution in [0, 0.1) is 0 Å². The molecule has 0 aliphatic carbocycles. The van der Waals surface area contributed by atoms with Crippen molar-refractivity contribution in [2.45, 2.75) is 26.2 Å². The number of hydrogen-bond acceptors (Lipinski definition) is 1. The minimum absolute atomic E-state index is 0. The Labute approximate surface area is 119 Å². The van der Waals surface area contributed by atoms with Crippen LogP contribution >= 0.6 is 0 Å². The Kier molecular flexibility index (Phi) is 7.02. The second kappa shape index (κ2) is 7.42. The Hall–Kier alpha value is -0.916. The van der Waals surface area contributed by atoms with Crippen LogP contribution in [0.5, 0.6) is 5.75 Å². The van der Waals surface area contributed by atoms with Gasteiger partial charge in [0.1, 0.15) is 5.75 Å². The maximum absolute atomic E-state index is 9.45. The smallest absolute Gasteiger partial charge is 0.119 e. The summed E-state index contributed by atoms with van der Waals surface area (Å²) in [5.41, 5.74) is 1.03. The zero-order valence-electron chi connectivity index (χ0n) is 10.6. The molecular weight excluding hydrogens is 244 g/mol. The summed E-state index contributed by atoms with van der Waals surface area (Å²) in [5.74, 6) is 0.389. The van der Waals surface area contributed by atoms with E-state index in [1.807, 2.05) is 48.5 Å². The van der Waals surface area contributed by atoms with Gasteiger partial charge in [0.15, 0.2) is 0 Å². The average Bonchev–Trinajstić information content (AvgIpc) is 2.74. The largest absolute Gasteiger partial charge is 0.508 e. The van der Waals surface area contributed by atoms with Crippen molar-refractivity contribution in [2.75, 3.05) is 0 Å². The summed E-state index contributed by atoms with van der Waals surface area (Å²) in [7, 11) is 0. The molecule has 0 aliphatic rings. The summed E-state index contributed by atoms with van der Waals surface area (Å²) < 4.78 is 0. The summed E-state index contributed by atoms with van der Waals surface area (Å²) >= 11 is 0. The van der Waals surface area contributed by atoms with Crippen LogP contribution in [0.2, 0.25) is 0 Å². The van der Waals surface area contributed by atoms with Crippen LogP contribution < -0.4 is 0 Å². The molecule has 2 heteroatoms. The zero-order chi connectivity index (χ0) is 12.0. The van der Waals surface area contributed by atoms with Gasteiger partial charge in [0.25, 0.3) is 0 Å². The molecule has 0 spiro atoms. The Morgan fingerprint density at radius 1 is 0.941 bits per heavy atom.